The fraction of sp³-hybridized carbons (Fsp3) is 0. The molecule has 0 fully saturated rings. The Morgan fingerprint density at radius 1 is 1.12 bits per heavy atom. The van der Waals surface area contributed by atoms with Crippen LogP contribution in [0.25, 0.3) is 17.0 Å². The van der Waals surface area contributed by atoms with Crippen molar-refractivity contribution in [1.82, 2.24) is 9.97 Å². The maximum atomic E-state index is 12.2. The number of pyridine rings is 2. The molecule has 3 aromatic rings. The monoisotopic (exact) mass is 400 g/mol. The van der Waals surface area contributed by atoms with Crippen LogP contribution in [0.3, 0.4) is 0 Å². The molecule has 0 spiro atoms. The summed E-state index contributed by atoms with van der Waals surface area (Å²) in [6, 6.07) is 9.67. The van der Waals surface area contributed by atoms with Gasteiger partial charge in [0.15, 0.2) is 5.17 Å². The quantitative estimate of drug-likeness (QED) is 0.611. The molecule has 0 unspecified atom stereocenters. The predicted molar refractivity (Wildman–Crippen MR) is 108 cm³/mol. The van der Waals surface area contributed by atoms with Crippen molar-refractivity contribution in [3.63, 3.8) is 0 Å². The van der Waals surface area contributed by atoms with Gasteiger partial charge in [-0.3, -0.25) is 14.8 Å². The summed E-state index contributed by atoms with van der Waals surface area (Å²) in [5, 5.41) is 5.12. The number of aliphatic imine (C=N–C) groups is 1. The molecule has 0 aliphatic carbocycles. The van der Waals surface area contributed by atoms with Crippen LogP contribution in [-0.2, 0) is 4.79 Å². The zero-order valence-electron chi connectivity index (χ0n) is 13.1. The van der Waals surface area contributed by atoms with Gasteiger partial charge in [-0.2, -0.15) is 4.99 Å². The van der Waals surface area contributed by atoms with Crippen molar-refractivity contribution in [2.75, 3.05) is 5.32 Å². The smallest absolute Gasteiger partial charge is 0.286 e. The lowest BCUT2D eigenvalue weighted by atomic mass is 10.1. The Labute approximate surface area is 163 Å². The molecule has 0 atom stereocenters. The number of hydrogen-bond acceptors (Lipinski definition) is 5. The topological polar surface area (TPSA) is 67.2 Å². The highest BCUT2D eigenvalue weighted by Crippen LogP contribution is 2.34. The maximum absolute atomic E-state index is 12.2. The fourth-order valence-corrected chi connectivity index (χ4v) is 3.71. The van der Waals surface area contributed by atoms with Gasteiger partial charge in [-0.25, -0.2) is 0 Å². The highest BCUT2D eigenvalue weighted by molar-refractivity contribution is 8.18. The van der Waals surface area contributed by atoms with Crippen LogP contribution in [0.4, 0.5) is 5.69 Å². The number of aromatic nitrogens is 2. The minimum atomic E-state index is -0.315. The van der Waals surface area contributed by atoms with Crippen molar-refractivity contribution in [2.24, 2.45) is 4.99 Å². The van der Waals surface area contributed by atoms with Crippen molar-refractivity contribution < 1.29 is 4.79 Å². The maximum Gasteiger partial charge on any atom is 0.286 e. The zero-order valence-corrected chi connectivity index (χ0v) is 15.4. The van der Waals surface area contributed by atoms with Crippen LogP contribution < -0.4 is 5.32 Å². The number of thioether (sulfide) groups is 1. The summed E-state index contributed by atoms with van der Waals surface area (Å²) in [7, 11) is 0. The van der Waals surface area contributed by atoms with E-state index in [0.717, 1.165) is 16.5 Å². The number of halogens is 2. The normalized spacial score (nSPS) is 15.5. The summed E-state index contributed by atoms with van der Waals surface area (Å²) in [4.78, 5) is 24.9. The summed E-state index contributed by atoms with van der Waals surface area (Å²) < 4.78 is 0. The average molecular weight is 401 g/mol. The van der Waals surface area contributed by atoms with E-state index in [-0.39, 0.29) is 5.91 Å². The second-order valence-electron chi connectivity index (χ2n) is 5.39. The van der Waals surface area contributed by atoms with Crippen molar-refractivity contribution in [2.45, 2.75) is 0 Å². The number of carbonyl (C=O) groups is 1. The van der Waals surface area contributed by atoms with Crippen molar-refractivity contribution >= 4 is 68.7 Å². The van der Waals surface area contributed by atoms with Crippen molar-refractivity contribution in [1.29, 1.82) is 0 Å². The lowest BCUT2D eigenvalue weighted by molar-refractivity contribution is -0.113. The number of anilines is 1. The first-order valence-corrected chi connectivity index (χ1v) is 9.11. The van der Waals surface area contributed by atoms with E-state index in [0.29, 0.717) is 25.8 Å². The largest absolute Gasteiger partial charge is 0.332 e. The van der Waals surface area contributed by atoms with Gasteiger partial charge in [-0.05, 0) is 41.6 Å². The molecule has 26 heavy (non-hydrogen) atoms. The van der Waals surface area contributed by atoms with Crippen molar-refractivity contribution in [3.8, 4) is 0 Å². The van der Waals surface area contributed by atoms with Gasteiger partial charge in [0.1, 0.15) is 0 Å². The highest BCUT2D eigenvalue weighted by Gasteiger charge is 2.23. The fourth-order valence-electron chi connectivity index (χ4n) is 2.44. The van der Waals surface area contributed by atoms with Crippen molar-refractivity contribution in [3.05, 3.63) is 69.4 Å². The number of nitrogens with one attached hydrogen (secondary N) is 1. The molecule has 5 nitrogen and oxygen atoms in total. The van der Waals surface area contributed by atoms with Gasteiger partial charge >= 0.3 is 0 Å². The Balaban J connectivity index is 1.58. The van der Waals surface area contributed by atoms with Crippen LogP contribution in [0.2, 0.25) is 10.0 Å². The molecule has 1 N–H and O–H groups in total. The number of hydrogen-bond donors (Lipinski definition) is 1. The molecule has 4 rings (SSSR count). The Morgan fingerprint density at radius 3 is 2.73 bits per heavy atom. The molecule has 8 heteroatoms. The van der Waals surface area contributed by atoms with E-state index in [1.165, 1.54) is 24.2 Å². The lowest BCUT2D eigenvalue weighted by Gasteiger charge is -2.08. The van der Waals surface area contributed by atoms with Gasteiger partial charge in [0.05, 0.1) is 26.2 Å². The summed E-state index contributed by atoms with van der Waals surface area (Å²) in [5.41, 5.74) is 2.28. The number of rotatable bonds is 2. The first kappa shape index (κ1) is 17.0. The Bertz CT molecular complexity index is 1080. The zero-order chi connectivity index (χ0) is 18.1. The van der Waals surface area contributed by atoms with Crippen LogP contribution in [0.5, 0.6) is 0 Å². The van der Waals surface area contributed by atoms with E-state index in [2.05, 4.69) is 20.3 Å². The third-order valence-corrected chi connectivity index (χ3v) is 5.10. The number of benzene rings is 1. The molecule has 1 amide bonds. The van der Waals surface area contributed by atoms with Crippen LogP contribution in [-0.4, -0.2) is 21.0 Å². The standard InChI is InChI=1S/C18H10Cl2N4OS/c19-12-8-21-9-13(20)16(12)23-18-24-17(25)15(26-18)7-10-3-4-14-11(6-10)2-1-5-22-14/h1-9H,(H,21,23,24,25). The van der Waals surface area contributed by atoms with Crippen LogP contribution in [0, 0.1) is 0 Å². The van der Waals surface area contributed by atoms with E-state index in [4.69, 9.17) is 23.2 Å². The Kier molecular flexibility index (Phi) is 4.63. The SMILES string of the molecule is O=C1N=C(Nc2c(Cl)cncc2Cl)SC1=Cc1ccc2ncccc2c1. The minimum absolute atomic E-state index is 0.315. The number of carbonyl (C=O) groups excluding carboxylic acids is 1. The third-order valence-electron chi connectivity index (χ3n) is 3.63. The Hall–Kier alpha value is -2.41. The average Bonchev–Trinajstić information content (AvgIpc) is 2.97. The minimum Gasteiger partial charge on any atom is -0.332 e. The number of amidine groups is 1. The third kappa shape index (κ3) is 3.44. The molecule has 2 aromatic heterocycles. The molecular weight excluding hydrogens is 391 g/mol. The van der Waals surface area contributed by atoms with E-state index in [1.54, 1.807) is 12.3 Å². The second kappa shape index (κ2) is 7.07. The molecule has 0 bridgehead atoms. The summed E-state index contributed by atoms with van der Waals surface area (Å²) in [6.45, 7) is 0. The molecule has 3 heterocycles. The first-order chi connectivity index (χ1) is 12.6. The summed E-state index contributed by atoms with van der Waals surface area (Å²) in [5.74, 6) is -0.315. The van der Waals surface area contributed by atoms with E-state index < -0.39 is 0 Å². The van der Waals surface area contributed by atoms with E-state index in [1.807, 2.05) is 30.3 Å². The molecule has 0 saturated carbocycles. The van der Waals surface area contributed by atoms with Gasteiger partial charge in [0, 0.05) is 24.0 Å². The van der Waals surface area contributed by atoms with Crippen LogP contribution in [0.1, 0.15) is 5.56 Å². The molecule has 0 radical (unpaired) electrons. The summed E-state index contributed by atoms with van der Waals surface area (Å²) >= 11 is 13.4. The van der Waals surface area contributed by atoms with Crippen LogP contribution in [0.15, 0.2) is 58.8 Å². The van der Waals surface area contributed by atoms with Crippen LogP contribution >= 0.6 is 35.0 Å². The van der Waals surface area contributed by atoms with Gasteiger partial charge < -0.3 is 5.32 Å². The molecular formula is C18H10Cl2N4OS. The van der Waals surface area contributed by atoms with E-state index in [9.17, 15) is 4.79 Å². The van der Waals surface area contributed by atoms with Gasteiger partial charge in [0.25, 0.3) is 5.91 Å². The molecule has 0 saturated heterocycles. The highest BCUT2D eigenvalue weighted by atomic mass is 35.5. The number of amides is 1. The molecule has 1 aromatic carbocycles. The number of fused-ring (bicyclic) bond motifs is 1. The molecule has 1 aliphatic rings. The molecule has 128 valence electrons. The van der Waals surface area contributed by atoms with Gasteiger partial charge in [-0.15, -0.1) is 0 Å². The predicted octanol–water partition coefficient (Wildman–Crippen LogP) is 5.02. The Morgan fingerprint density at radius 2 is 1.92 bits per heavy atom. The van der Waals surface area contributed by atoms with E-state index >= 15 is 0 Å². The summed E-state index contributed by atoms with van der Waals surface area (Å²) in [6.07, 6.45) is 6.49. The first-order valence-electron chi connectivity index (χ1n) is 7.53. The molecule has 1 aliphatic heterocycles. The second-order valence-corrected chi connectivity index (χ2v) is 7.24. The lowest BCUT2D eigenvalue weighted by Crippen LogP contribution is -2.06. The number of nitrogens with zero attached hydrogens (tertiary/aromatic N) is 3. The van der Waals surface area contributed by atoms with Gasteiger partial charge in [-0.1, -0.05) is 35.3 Å². The van der Waals surface area contributed by atoms with Gasteiger partial charge in [0.2, 0.25) is 0 Å².